The van der Waals surface area contributed by atoms with Gasteiger partial charge in [-0.1, -0.05) is 48.0 Å². The summed E-state index contributed by atoms with van der Waals surface area (Å²) in [6.07, 6.45) is 11.1. The monoisotopic (exact) mass is 505 g/mol. The van der Waals surface area contributed by atoms with Crippen molar-refractivity contribution in [1.29, 1.82) is 0 Å². The maximum absolute atomic E-state index is 12.2. The van der Waals surface area contributed by atoms with Gasteiger partial charge < -0.3 is 20.1 Å². The Balaban J connectivity index is 1.18. The lowest BCUT2D eigenvalue weighted by Gasteiger charge is -2.30. The molecule has 2 aliphatic carbocycles. The Morgan fingerprint density at radius 1 is 1.05 bits per heavy atom. The molecular formula is C31H43N3O3. The number of rotatable bonds is 11. The molecule has 2 fully saturated rings. The van der Waals surface area contributed by atoms with Crippen molar-refractivity contribution in [3.8, 4) is 0 Å². The molecule has 2 atom stereocenters. The van der Waals surface area contributed by atoms with Gasteiger partial charge in [0.2, 0.25) is 0 Å². The van der Waals surface area contributed by atoms with E-state index >= 15 is 0 Å². The molecule has 2 saturated carbocycles. The number of hydrogen-bond acceptors (Lipinski definition) is 6. The molecule has 2 aromatic rings. The van der Waals surface area contributed by atoms with Crippen LogP contribution in [0.5, 0.6) is 0 Å². The second kappa shape index (κ2) is 12.8. The van der Waals surface area contributed by atoms with E-state index in [1.165, 1.54) is 43.2 Å². The predicted octanol–water partition coefficient (Wildman–Crippen LogP) is 5.54. The fourth-order valence-corrected chi connectivity index (χ4v) is 5.15. The van der Waals surface area contributed by atoms with Gasteiger partial charge in [-0.3, -0.25) is 0 Å². The summed E-state index contributed by atoms with van der Waals surface area (Å²) in [6, 6.07) is 16.1. The largest absolute Gasteiger partial charge is 0.455 e. The first-order valence-corrected chi connectivity index (χ1v) is 13.7. The lowest BCUT2D eigenvalue weighted by atomic mass is 9.91. The van der Waals surface area contributed by atoms with Crippen molar-refractivity contribution >= 4 is 12.0 Å². The molecular weight excluding hydrogens is 462 g/mol. The molecule has 6 heteroatoms. The maximum atomic E-state index is 12.2. The molecule has 1 aromatic carbocycles. The molecule has 1 heterocycles. The molecule has 0 amide bonds. The number of pyridine rings is 1. The first-order valence-electron chi connectivity index (χ1n) is 13.7. The minimum Gasteiger partial charge on any atom is -0.455 e. The van der Waals surface area contributed by atoms with Crippen LogP contribution in [0.1, 0.15) is 80.9 Å². The van der Waals surface area contributed by atoms with Crippen molar-refractivity contribution in [2.45, 2.75) is 89.6 Å². The summed E-state index contributed by atoms with van der Waals surface area (Å²) in [7, 11) is 1.78. The van der Waals surface area contributed by atoms with E-state index in [1.54, 1.807) is 19.4 Å². The van der Waals surface area contributed by atoms with Crippen LogP contribution < -0.4 is 10.6 Å². The van der Waals surface area contributed by atoms with E-state index in [-0.39, 0.29) is 5.97 Å². The molecule has 200 valence electrons. The van der Waals surface area contributed by atoms with Gasteiger partial charge in [0.15, 0.2) is 0 Å². The highest BCUT2D eigenvalue weighted by Crippen LogP contribution is 2.41. The summed E-state index contributed by atoms with van der Waals surface area (Å²) in [5.41, 5.74) is 3.71. The van der Waals surface area contributed by atoms with Crippen LogP contribution in [0, 0.1) is 5.92 Å². The minimum atomic E-state index is -0.516. The highest BCUT2D eigenvalue weighted by molar-refractivity contribution is 5.87. The minimum absolute atomic E-state index is 0.354. The molecule has 0 unspecified atom stereocenters. The Labute approximate surface area is 222 Å². The van der Waals surface area contributed by atoms with Gasteiger partial charge in [-0.05, 0) is 82.4 Å². The number of ether oxygens (including phenoxy) is 2. The topological polar surface area (TPSA) is 72.5 Å². The average Bonchev–Trinajstić information content (AvgIpc) is 3.65. The molecule has 0 aliphatic heterocycles. The summed E-state index contributed by atoms with van der Waals surface area (Å²) in [5, 5.41) is 7.63. The van der Waals surface area contributed by atoms with Crippen LogP contribution in [-0.4, -0.2) is 48.4 Å². The first-order chi connectivity index (χ1) is 17.8. The fourth-order valence-electron chi connectivity index (χ4n) is 5.15. The zero-order valence-corrected chi connectivity index (χ0v) is 22.8. The second-order valence-electron chi connectivity index (χ2n) is 11.5. The van der Waals surface area contributed by atoms with Crippen molar-refractivity contribution in [2.24, 2.45) is 5.92 Å². The Morgan fingerprint density at radius 3 is 2.43 bits per heavy atom. The van der Waals surface area contributed by atoms with E-state index in [1.807, 2.05) is 26.8 Å². The van der Waals surface area contributed by atoms with Gasteiger partial charge in [0.1, 0.15) is 11.3 Å². The lowest BCUT2D eigenvalue weighted by molar-refractivity contribution is 0.00628. The Morgan fingerprint density at radius 2 is 1.78 bits per heavy atom. The number of carbonyl (C=O) groups is 1. The third kappa shape index (κ3) is 8.77. The van der Waals surface area contributed by atoms with Crippen LogP contribution in [0.3, 0.4) is 0 Å². The van der Waals surface area contributed by atoms with Crippen molar-refractivity contribution in [3.05, 3.63) is 71.1 Å². The molecule has 2 N–H and O–H groups in total. The Hall–Kier alpha value is -2.54. The summed E-state index contributed by atoms with van der Waals surface area (Å²) >= 11 is 0. The average molecular weight is 506 g/mol. The number of esters is 1. The normalized spacial score (nSPS) is 24.1. The number of aromatic nitrogens is 1. The van der Waals surface area contributed by atoms with E-state index < -0.39 is 5.60 Å². The fraction of sp³-hybridized carbons (Fsp3) is 0.548. The van der Waals surface area contributed by atoms with Crippen molar-refractivity contribution < 1.29 is 14.3 Å². The molecule has 0 spiro atoms. The SMILES string of the molecule is COCCC(=Cc1ccccc1)[C@@H]1C[C@H]1NC1CCC(NCc2ccc(C(=O)OC(C)(C)C)nc2)CC1. The number of hydrogen-bond donors (Lipinski definition) is 2. The maximum Gasteiger partial charge on any atom is 0.357 e. The van der Waals surface area contributed by atoms with E-state index in [9.17, 15) is 4.79 Å². The zero-order valence-electron chi connectivity index (χ0n) is 22.8. The summed E-state index contributed by atoms with van der Waals surface area (Å²) in [5.74, 6) is 0.250. The van der Waals surface area contributed by atoms with E-state index in [2.05, 4.69) is 52.0 Å². The van der Waals surface area contributed by atoms with Gasteiger partial charge in [-0.25, -0.2) is 9.78 Å². The molecule has 6 nitrogen and oxygen atoms in total. The molecule has 4 rings (SSSR count). The molecule has 1 aromatic heterocycles. The predicted molar refractivity (Wildman–Crippen MR) is 148 cm³/mol. The Kier molecular flexibility index (Phi) is 9.52. The Bertz CT molecular complexity index is 1020. The van der Waals surface area contributed by atoms with Crippen LogP contribution in [0.25, 0.3) is 6.08 Å². The van der Waals surface area contributed by atoms with Gasteiger partial charge in [-0.2, -0.15) is 0 Å². The van der Waals surface area contributed by atoms with Crippen LogP contribution >= 0.6 is 0 Å². The number of carbonyl (C=O) groups excluding carboxylic acids is 1. The van der Waals surface area contributed by atoms with Crippen LogP contribution in [0.4, 0.5) is 0 Å². The summed E-state index contributed by atoms with van der Waals surface area (Å²) in [6.45, 7) is 7.12. The smallest absolute Gasteiger partial charge is 0.357 e. The highest BCUT2D eigenvalue weighted by atomic mass is 16.6. The molecule has 0 saturated heterocycles. The second-order valence-corrected chi connectivity index (χ2v) is 11.5. The zero-order chi connectivity index (χ0) is 26.3. The third-order valence-corrected chi connectivity index (χ3v) is 7.22. The summed E-state index contributed by atoms with van der Waals surface area (Å²) in [4.78, 5) is 16.5. The van der Waals surface area contributed by atoms with Crippen LogP contribution in [-0.2, 0) is 16.0 Å². The number of nitrogens with one attached hydrogen (secondary N) is 2. The molecule has 0 bridgehead atoms. The van der Waals surface area contributed by atoms with Gasteiger partial charge in [0.25, 0.3) is 0 Å². The van der Waals surface area contributed by atoms with Gasteiger partial charge in [0.05, 0.1) is 0 Å². The van der Waals surface area contributed by atoms with Crippen molar-refractivity contribution in [3.63, 3.8) is 0 Å². The third-order valence-electron chi connectivity index (χ3n) is 7.22. The van der Waals surface area contributed by atoms with Gasteiger partial charge >= 0.3 is 5.97 Å². The number of methoxy groups -OCH3 is 1. The number of nitrogens with zero attached hydrogens (tertiary/aromatic N) is 1. The highest BCUT2D eigenvalue weighted by Gasteiger charge is 2.40. The van der Waals surface area contributed by atoms with Gasteiger partial charge in [-0.15, -0.1) is 0 Å². The van der Waals surface area contributed by atoms with Crippen molar-refractivity contribution in [1.82, 2.24) is 15.6 Å². The van der Waals surface area contributed by atoms with Crippen molar-refractivity contribution in [2.75, 3.05) is 13.7 Å². The van der Waals surface area contributed by atoms with Crippen LogP contribution in [0.15, 0.2) is 54.2 Å². The molecule has 2 aliphatic rings. The number of benzene rings is 1. The van der Waals surface area contributed by atoms with E-state index in [0.717, 1.165) is 25.1 Å². The molecule has 0 radical (unpaired) electrons. The first kappa shape index (κ1) is 27.5. The summed E-state index contributed by atoms with van der Waals surface area (Å²) < 4.78 is 10.8. The standard InChI is InChI=1S/C31H43N3O3/c1-31(2,3)37-30(35)28-15-10-23(21-33-28)20-32-25-11-13-26(14-12-25)34-29-19-27(29)24(16-17-36-4)18-22-8-6-5-7-9-22/h5-10,15,18,21,25-27,29,32,34H,11-14,16-17,19-20H2,1-4H3/t25?,26?,27-,29+/m0/s1. The van der Waals surface area contributed by atoms with Gasteiger partial charge in [0, 0.05) is 44.6 Å². The quantitative estimate of drug-likeness (QED) is 0.391. The van der Waals surface area contributed by atoms with E-state index in [0.29, 0.717) is 29.7 Å². The molecule has 37 heavy (non-hydrogen) atoms. The van der Waals surface area contributed by atoms with E-state index in [4.69, 9.17) is 9.47 Å². The van der Waals surface area contributed by atoms with Crippen LogP contribution in [0.2, 0.25) is 0 Å². The lowest BCUT2D eigenvalue weighted by Crippen LogP contribution is -2.40.